The van der Waals surface area contributed by atoms with Crippen LogP contribution in [0.3, 0.4) is 0 Å². The van der Waals surface area contributed by atoms with Gasteiger partial charge in [-0.15, -0.1) is 0 Å². The SMILES string of the molecule is CC/C=C\C/C=C\C/C=C\C/C=C\C/C=C\CCCCCC(=O)OC1C(OCC(COC(=O)CCCCCCCCCCCCCCCCCCCCC)OC(=O)CCCCCCCCCCCCCCCCCCCCC)OC(C(=O)O)C(O)C1O. The molecule has 0 aliphatic carbocycles. The number of esters is 3. The lowest BCUT2D eigenvalue weighted by atomic mass is 9.98. The van der Waals surface area contributed by atoms with Gasteiger partial charge in [0.15, 0.2) is 24.6 Å². The molecule has 12 nitrogen and oxygen atoms in total. The van der Waals surface area contributed by atoms with Gasteiger partial charge in [0.05, 0.1) is 6.61 Å². The number of aliphatic carboxylic acids is 1. The summed E-state index contributed by atoms with van der Waals surface area (Å²) in [6, 6.07) is 0. The van der Waals surface area contributed by atoms with Crippen molar-refractivity contribution in [3.63, 3.8) is 0 Å². The Labute approximate surface area is 532 Å². The fourth-order valence-electron chi connectivity index (χ4n) is 11.1. The monoisotopic (exact) mass is 1220 g/mol. The van der Waals surface area contributed by atoms with E-state index in [4.69, 9.17) is 23.7 Å². The van der Waals surface area contributed by atoms with E-state index < -0.39 is 67.3 Å². The van der Waals surface area contributed by atoms with Gasteiger partial charge in [0.1, 0.15) is 18.8 Å². The largest absolute Gasteiger partial charge is 0.479 e. The second-order valence-corrected chi connectivity index (χ2v) is 24.9. The number of hydrogen-bond acceptors (Lipinski definition) is 11. The van der Waals surface area contributed by atoms with Gasteiger partial charge >= 0.3 is 23.9 Å². The van der Waals surface area contributed by atoms with Crippen molar-refractivity contribution < 1.29 is 58.2 Å². The van der Waals surface area contributed by atoms with Crippen LogP contribution in [-0.4, -0.2) is 89.2 Å². The summed E-state index contributed by atoms with van der Waals surface area (Å²) in [6.07, 6.45) is 67.5. The van der Waals surface area contributed by atoms with Crippen LogP contribution in [0.2, 0.25) is 0 Å². The maximum Gasteiger partial charge on any atom is 0.335 e. The van der Waals surface area contributed by atoms with E-state index in [2.05, 4.69) is 81.5 Å². The van der Waals surface area contributed by atoms with Crippen LogP contribution in [0.5, 0.6) is 0 Å². The van der Waals surface area contributed by atoms with E-state index in [1.807, 2.05) is 0 Å². The number of carbonyl (C=O) groups excluding carboxylic acids is 3. The summed E-state index contributed by atoms with van der Waals surface area (Å²) in [5, 5.41) is 31.7. The molecule has 0 aromatic heterocycles. The molecule has 0 aromatic carbocycles. The fourth-order valence-corrected chi connectivity index (χ4v) is 11.1. The minimum absolute atomic E-state index is 0.0230. The Morgan fingerprint density at radius 2 is 0.724 bits per heavy atom. The fraction of sp³-hybridized carbons (Fsp3) is 0.813. The Hall–Kier alpha value is -3.58. The second-order valence-electron chi connectivity index (χ2n) is 24.9. The third kappa shape index (κ3) is 51.8. The van der Waals surface area contributed by atoms with Crippen LogP contribution in [0.25, 0.3) is 0 Å². The Morgan fingerprint density at radius 1 is 0.391 bits per heavy atom. The van der Waals surface area contributed by atoms with Gasteiger partial charge in [-0.05, 0) is 64.2 Å². The average molecular weight is 1230 g/mol. The van der Waals surface area contributed by atoms with E-state index >= 15 is 0 Å². The number of carboxylic acid groups (broad SMARTS) is 1. The molecule has 6 unspecified atom stereocenters. The van der Waals surface area contributed by atoms with Gasteiger partial charge in [-0.25, -0.2) is 4.79 Å². The highest BCUT2D eigenvalue weighted by Gasteiger charge is 2.50. The van der Waals surface area contributed by atoms with Crippen molar-refractivity contribution in [3.05, 3.63) is 60.8 Å². The van der Waals surface area contributed by atoms with Gasteiger partial charge in [-0.3, -0.25) is 14.4 Å². The molecule has 12 heteroatoms. The number of aliphatic hydroxyl groups is 2. The molecule has 0 aromatic rings. The predicted octanol–water partition coefficient (Wildman–Crippen LogP) is 20.2. The Balaban J connectivity index is 2.63. The van der Waals surface area contributed by atoms with Gasteiger partial charge < -0.3 is 39.0 Å². The normalized spacial score (nSPS) is 17.6. The number of rotatable bonds is 63. The van der Waals surface area contributed by atoms with Crippen molar-refractivity contribution in [2.45, 2.75) is 379 Å². The molecule has 1 aliphatic rings. The number of carboxylic acids is 1. The molecule has 0 saturated carbocycles. The molecule has 3 N–H and O–H groups in total. The van der Waals surface area contributed by atoms with E-state index in [-0.39, 0.29) is 25.9 Å². The van der Waals surface area contributed by atoms with Gasteiger partial charge in [0, 0.05) is 19.3 Å². The van der Waals surface area contributed by atoms with Gasteiger partial charge in [0.25, 0.3) is 0 Å². The Morgan fingerprint density at radius 3 is 1.10 bits per heavy atom. The lowest BCUT2D eigenvalue weighted by Crippen LogP contribution is -2.61. The summed E-state index contributed by atoms with van der Waals surface area (Å²) in [5.41, 5.74) is 0. The van der Waals surface area contributed by atoms with Crippen molar-refractivity contribution in [2.75, 3.05) is 13.2 Å². The highest BCUT2D eigenvalue weighted by Crippen LogP contribution is 2.27. The number of aliphatic hydroxyl groups excluding tert-OH is 2. The highest BCUT2D eigenvalue weighted by molar-refractivity contribution is 5.74. The van der Waals surface area contributed by atoms with E-state index in [0.29, 0.717) is 19.3 Å². The highest BCUT2D eigenvalue weighted by atomic mass is 16.7. The molecule has 0 amide bonds. The molecule has 0 bridgehead atoms. The van der Waals surface area contributed by atoms with Crippen molar-refractivity contribution in [3.8, 4) is 0 Å². The molecule has 1 aliphatic heterocycles. The number of unbranched alkanes of at least 4 members (excludes halogenated alkanes) is 39. The molecule has 87 heavy (non-hydrogen) atoms. The first-order valence-corrected chi connectivity index (χ1v) is 36.3. The van der Waals surface area contributed by atoms with Crippen LogP contribution in [0, 0.1) is 0 Å². The second kappa shape index (κ2) is 62.6. The minimum atomic E-state index is -1.92. The van der Waals surface area contributed by atoms with E-state index in [1.54, 1.807) is 0 Å². The Kier molecular flexibility index (Phi) is 58.6. The van der Waals surface area contributed by atoms with E-state index in [0.717, 1.165) is 89.9 Å². The van der Waals surface area contributed by atoms with E-state index in [1.165, 1.54) is 193 Å². The van der Waals surface area contributed by atoms with Crippen LogP contribution < -0.4 is 0 Å². The minimum Gasteiger partial charge on any atom is -0.479 e. The van der Waals surface area contributed by atoms with Gasteiger partial charge in [-0.1, -0.05) is 319 Å². The summed E-state index contributed by atoms with van der Waals surface area (Å²) in [5.74, 6) is -3.12. The molecule has 504 valence electrons. The van der Waals surface area contributed by atoms with Crippen molar-refractivity contribution in [2.24, 2.45) is 0 Å². The molecular weight excluding hydrogens is 1090 g/mol. The van der Waals surface area contributed by atoms with Crippen LogP contribution >= 0.6 is 0 Å². The first-order valence-electron chi connectivity index (χ1n) is 36.3. The average Bonchev–Trinajstić information content (AvgIpc) is 2.60. The summed E-state index contributed by atoms with van der Waals surface area (Å²) in [6.45, 7) is 5.95. The molecular formula is C75H132O12. The quantitative estimate of drug-likeness (QED) is 0.0228. The van der Waals surface area contributed by atoms with Crippen LogP contribution in [0.15, 0.2) is 60.8 Å². The zero-order chi connectivity index (χ0) is 63.1. The maximum absolute atomic E-state index is 13.3. The number of allylic oxidation sites excluding steroid dienone is 10. The summed E-state index contributed by atoms with van der Waals surface area (Å²) >= 11 is 0. The standard InChI is InChI=1S/C75H132O12/c1-4-7-10-13-16-19-22-25-28-31-34-37-40-43-46-49-52-55-58-61-67(76)83-64-66(85-68(77)62-59-56-53-50-47-44-41-38-35-32-29-26-23-20-17-14-11-8-5-2)65-84-75-73(71(80)70(79)72(87-75)74(81)82)86-69(78)63-60-57-54-51-48-45-42-39-36-33-30-27-24-21-18-15-12-9-6-3/h9,12,18,21,27,30,36,39,45,48,66,70-73,75,79-80H,4-8,10-11,13-17,19-20,22-26,28-29,31-35,37-38,40-44,46-47,49-65H2,1-3H3,(H,81,82)/b12-9-,21-18-,30-27-,39-36-,48-45-. The number of ether oxygens (including phenoxy) is 5. The first kappa shape index (κ1) is 81.4. The molecule has 1 rings (SSSR count). The Bertz CT molecular complexity index is 1740. The zero-order valence-electron chi connectivity index (χ0n) is 56.0. The van der Waals surface area contributed by atoms with E-state index in [9.17, 15) is 34.5 Å². The molecule has 1 fully saturated rings. The summed E-state index contributed by atoms with van der Waals surface area (Å²) < 4.78 is 28.6. The molecule has 0 radical (unpaired) electrons. The van der Waals surface area contributed by atoms with Gasteiger partial charge in [-0.2, -0.15) is 0 Å². The molecule has 1 heterocycles. The van der Waals surface area contributed by atoms with Crippen LogP contribution in [0.4, 0.5) is 0 Å². The smallest absolute Gasteiger partial charge is 0.335 e. The molecule has 0 spiro atoms. The number of hydrogen-bond donors (Lipinski definition) is 3. The van der Waals surface area contributed by atoms with Crippen molar-refractivity contribution in [1.29, 1.82) is 0 Å². The van der Waals surface area contributed by atoms with Crippen molar-refractivity contribution in [1.82, 2.24) is 0 Å². The molecule has 6 atom stereocenters. The van der Waals surface area contributed by atoms with Crippen molar-refractivity contribution >= 4 is 23.9 Å². The summed E-state index contributed by atoms with van der Waals surface area (Å²) in [4.78, 5) is 51.5. The third-order valence-electron chi connectivity index (χ3n) is 16.6. The van der Waals surface area contributed by atoms with Crippen LogP contribution in [0.1, 0.15) is 342 Å². The molecule has 1 saturated heterocycles. The summed E-state index contributed by atoms with van der Waals surface area (Å²) in [7, 11) is 0. The van der Waals surface area contributed by atoms with Gasteiger partial charge in [0.2, 0.25) is 0 Å². The number of carbonyl (C=O) groups is 4. The topological polar surface area (TPSA) is 175 Å². The van der Waals surface area contributed by atoms with Crippen LogP contribution in [-0.2, 0) is 42.9 Å². The zero-order valence-corrected chi connectivity index (χ0v) is 56.0. The lowest BCUT2D eigenvalue weighted by molar-refractivity contribution is -0.301. The lowest BCUT2D eigenvalue weighted by Gasteiger charge is -2.40. The third-order valence-corrected chi connectivity index (χ3v) is 16.6. The first-order chi connectivity index (χ1) is 42.6. The predicted molar refractivity (Wildman–Crippen MR) is 359 cm³/mol. The maximum atomic E-state index is 13.3.